The lowest BCUT2D eigenvalue weighted by molar-refractivity contribution is -0.256. The summed E-state index contributed by atoms with van der Waals surface area (Å²) in [7, 11) is 0. The van der Waals surface area contributed by atoms with Crippen molar-refractivity contribution in [3.63, 3.8) is 0 Å². The van der Waals surface area contributed by atoms with Gasteiger partial charge in [0.25, 0.3) is 0 Å². The zero-order valence-electron chi connectivity index (χ0n) is 19.6. The zero-order valence-corrected chi connectivity index (χ0v) is 19.6. The SMILES string of the molecule is C[C@H](CCC(C)(O)C(F)(F)F)[C@H]1CC[C@H]2[C@@H]3CC=C4C[C@@](C)(O)CC[C@@H]4[C@H]3CC[C@]12C. The highest BCUT2D eigenvalue weighted by Gasteiger charge is 2.57. The van der Waals surface area contributed by atoms with Gasteiger partial charge in [-0.25, -0.2) is 0 Å². The van der Waals surface area contributed by atoms with Crippen molar-refractivity contribution in [1.29, 1.82) is 0 Å². The average Bonchev–Trinajstić information content (AvgIpc) is 3.01. The summed E-state index contributed by atoms with van der Waals surface area (Å²) in [6.45, 7) is 7.40. The summed E-state index contributed by atoms with van der Waals surface area (Å²) in [5, 5.41) is 20.4. The molecule has 0 aromatic carbocycles. The molecule has 0 bridgehead atoms. The first-order valence-corrected chi connectivity index (χ1v) is 12.5. The van der Waals surface area contributed by atoms with Gasteiger partial charge in [-0.2, -0.15) is 13.2 Å². The molecule has 5 heteroatoms. The summed E-state index contributed by atoms with van der Waals surface area (Å²) < 4.78 is 39.3. The fourth-order valence-electron chi connectivity index (χ4n) is 8.29. The largest absolute Gasteiger partial charge is 0.416 e. The quantitative estimate of drug-likeness (QED) is 0.478. The lowest BCUT2D eigenvalue weighted by Gasteiger charge is -2.55. The van der Waals surface area contributed by atoms with E-state index in [1.807, 2.05) is 6.92 Å². The summed E-state index contributed by atoms with van der Waals surface area (Å²) in [5.41, 5.74) is -1.46. The number of aliphatic hydroxyl groups is 2. The minimum atomic E-state index is -4.57. The van der Waals surface area contributed by atoms with Gasteiger partial charge in [0.05, 0.1) is 5.60 Å². The molecule has 31 heavy (non-hydrogen) atoms. The molecule has 3 fully saturated rings. The maximum Gasteiger partial charge on any atom is 0.416 e. The van der Waals surface area contributed by atoms with Crippen molar-refractivity contribution >= 4 is 0 Å². The number of allylic oxidation sites excluding steroid dienone is 1. The molecule has 0 aromatic heterocycles. The second-order valence-corrected chi connectivity index (χ2v) is 12.3. The summed E-state index contributed by atoms with van der Waals surface area (Å²) in [5.74, 6) is 3.32. The molecule has 4 aliphatic rings. The Morgan fingerprint density at radius 3 is 2.48 bits per heavy atom. The van der Waals surface area contributed by atoms with Gasteiger partial charge in [-0.05, 0) is 119 Å². The molecule has 0 spiro atoms. The maximum absolute atomic E-state index is 13.1. The summed E-state index contributed by atoms with van der Waals surface area (Å²) >= 11 is 0. The molecule has 0 heterocycles. The summed E-state index contributed by atoms with van der Waals surface area (Å²) in [6, 6.07) is 0. The number of alkyl halides is 3. The van der Waals surface area contributed by atoms with E-state index in [0.717, 1.165) is 39.0 Å². The molecule has 4 aliphatic carbocycles. The first-order chi connectivity index (χ1) is 14.3. The van der Waals surface area contributed by atoms with Gasteiger partial charge in [-0.3, -0.25) is 0 Å². The third kappa shape index (κ3) is 4.11. The van der Waals surface area contributed by atoms with Crippen LogP contribution in [-0.2, 0) is 0 Å². The Labute approximate surface area is 185 Å². The molecule has 0 aliphatic heterocycles. The molecule has 2 nitrogen and oxygen atoms in total. The second kappa shape index (κ2) is 7.75. The Morgan fingerprint density at radius 2 is 1.81 bits per heavy atom. The van der Waals surface area contributed by atoms with E-state index in [9.17, 15) is 23.4 Å². The van der Waals surface area contributed by atoms with Crippen LogP contribution < -0.4 is 0 Å². The molecule has 2 N–H and O–H groups in total. The van der Waals surface area contributed by atoms with E-state index < -0.39 is 17.4 Å². The number of hydrogen-bond donors (Lipinski definition) is 2. The van der Waals surface area contributed by atoms with Crippen molar-refractivity contribution in [3.05, 3.63) is 11.6 Å². The van der Waals surface area contributed by atoms with E-state index in [2.05, 4.69) is 19.9 Å². The van der Waals surface area contributed by atoms with Crippen LogP contribution in [0, 0.1) is 40.9 Å². The highest BCUT2D eigenvalue weighted by atomic mass is 19.4. The first kappa shape index (κ1) is 23.6. The van der Waals surface area contributed by atoms with Crippen LogP contribution in [0.5, 0.6) is 0 Å². The van der Waals surface area contributed by atoms with Crippen LogP contribution >= 0.6 is 0 Å². The van der Waals surface area contributed by atoms with Crippen LogP contribution in [0.2, 0.25) is 0 Å². The van der Waals surface area contributed by atoms with Crippen molar-refractivity contribution in [1.82, 2.24) is 0 Å². The van der Waals surface area contributed by atoms with Gasteiger partial charge in [-0.15, -0.1) is 0 Å². The van der Waals surface area contributed by atoms with Crippen molar-refractivity contribution < 1.29 is 23.4 Å². The predicted octanol–water partition coefficient (Wildman–Crippen LogP) is 6.66. The van der Waals surface area contributed by atoms with E-state index in [1.165, 1.54) is 24.8 Å². The zero-order chi connectivity index (χ0) is 22.8. The fourth-order valence-corrected chi connectivity index (χ4v) is 8.29. The van der Waals surface area contributed by atoms with Gasteiger partial charge in [-0.1, -0.05) is 25.5 Å². The molecule has 9 atom stereocenters. The number of hydrogen-bond acceptors (Lipinski definition) is 2. The standard InChI is InChI=1S/C26H41F3O2/c1-16(9-14-25(4,31)26(27,28)29)21-7-8-22-20-6-5-17-15-23(2,30)12-10-18(17)19(20)11-13-24(21,22)3/h5,16,18-22,30-31H,6-15H2,1-4H3/t16-,18+,19-,20-,21-,22+,23+,24-,25?/m1/s1. The molecule has 178 valence electrons. The van der Waals surface area contributed by atoms with Crippen LogP contribution in [-0.4, -0.2) is 27.6 Å². The van der Waals surface area contributed by atoms with Gasteiger partial charge in [0.15, 0.2) is 5.60 Å². The number of rotatable bonds is 4. The van der Waals surface area contributed by atoms with E-state index in [0.29, 0.717) is 36.0 Å². The van der Waals surface area contributed by atoms with Gasteiger partial charge in [0, 0.05) is 0 Å². The molecule has 0 saturated heterocycles. The normalized spacial score (nSPS) is 45.7. The Balaban J connectivity index is 1.45. The van der Waals surface area contributed by atoms with E-state index in [1.54, 1.807) is 0 Å². The number of fused-ring (bicyclic) bond motifs is 5. The Hall–Kier alpha value is -0.550. The third-order valence-electron chi connectivity index (χ3n) is 10.2. The van der Waals surface area contributed by atoms with Gasteiger partial charge >= 0.3 is 6.18 Å². The average molecular weight is 443 g/mol. The monoisotopic (exact) mass is 442 g/mol. The highest BCUT2D eigenvalue weighted by Crippen LogP contribution is 2.65. The van der Waals surface area contributed by atoms with Crippen molar-refractivity contribution in [2.45, 2.75) is 109 Å². The molecule has 0 radical (unpaired) electrons. The molecular formula is C26H41F3O2. The van der Waals surface area contributed by atoms with Gasteiger partial charge < -0.3 is 10.2 Å². The lowest BCUT2D eigenvalue weighted by Crippen LogP contribution is -2.48. The van der Waals surface area contributed by atoms with Crippen LogP contribution in [0.4, 0.5) is 13.2 Å². The predicted molar refractivity (Wildman–Crippen MR) is 116 cm³/mol. The first-order valence-electron chi connectivity index (χ1n) is 12.5. The second-order valence-electron chi connectivity index (χ2n) is 12.3. The van der Waals surface area contributed by atoms with Gasteiger partial charge in [0.2, 0.25) is 0 Å². The van der Waals surface area contributed by atoms with Crippen LogP contribution in [0.1, 0.15) is 91.9 Å². The Morgan fingerprint density at radius 1 is 1.10 bits per heavy atom. The molecule has 3 saturated carbocycles. The topological polar surface area (TPSA) is 40.5 Å². The van der Waals surface area contributed by atoms with Crippen LogP contribution in [0.25, 0.3) is 0 Å². The van der Waals surface area contributed by atoms with Crippen LogP contribution in [0.15, 0.2) is 11.6 Å². The van der Waals surface area contributed by atoms with Gasteiger partial charge in [0.1, 0.15) is 0 Å². The fraction of sp³-hybridized carbons (Fsp3) is 0.923. The molecule has 1 unspecified atom stereocenters. The highest BCUT2D eigenvalue weighted by molar-refractivity contribution is 5.21. The molecule has 4 rings (SSSR count). The van der Waals surface area contributed by atoms with E-state index in [4.69, 9.17) is 0 Å². The van der Waals surface area contributed by atoms with E-state index >= 15 is 0 Å². The van der Waals surface area contributed by atoms with Crippen molar-refractivity contribution in [2.24, 2.45) is 40.9 Å². The number of halogens is 3. The lowest BCUT2D eigenvalue weighted by atomic mass is 9.50. The minimum absolute atomic E-state index is 0.194. The van der Waals surface area contributed by atoms with E-state index in [-0.39, 0.29) is 17.8 Å². The molecule has 0 amide bonds. The molecule has 0 aromatic rings. The smallest absolute Gasteiger partial charge is 0.390 e. The summed E-state index contributed by atoms with van der Waals surface area (Å²) in [4.78, 5) is 0. The third-order valence-corrected chi connectivity index (χ3v) is 10.2. The van der Waals surface area contributed by atoms with Crippen molar-refractivity contribution in [2.75, 3.05) is 0 Å². The summed E-state index contributed by atoms with van der Waals surface area (Å²) in [6.07, 6.45) is 6.67. The molecular weight excluding hydrogens is 401 g/mol. The Kier molecular flexibility index (Phi) is 5.90. The maximum atomic E-state index is 13.1. The van der Waals surface area contributed by atoms with Crippen molar-refractivity contribution in [3.8, 4) is 0 Å². The van der Waals surface area contributed by atoms with Crippen LogP contribution in [0.3, 0.4) is 0 Å². The Bertz CT molecular complexity index is 710. The minimum Gasteiger partial charge on any atom is -0.390 e.